The number of halogens is 1. The average molecular weight is 385 g/mol. The molecule has 0 spiro atoms. The second kappa shape index (κ2) is 6.90. The number of fused-ring (bicyclic) bond motifs is 1. The number of thiazole rings is 1. The summed E-state index contributed by atoms with van der Waals surface area (Å²) in [5, 5.41) is 5.68. The van der Waals surface area contributed by atoms with Crippen LogP contribution in [0.4, 0.5) is 5.13 Å². The van der Waals surface area contributed by atoms with Gasteiger partial charge in [-0.1, -0.05) is 41.9 Å². The lowest BCUT2D eigenvalue weighted by molar-refractivity contribution is -0.125. The Morgan fingerprint density at radius 3 is 2.77 bits per heavy atom. The van der Waals surface area contributed by atoms with Gasteiger partial charge in [0, 0.05) is 22.4 Å². The number of rotatable bonds is 3. The first kappa shape index (κ1) is 16.8. The molecule has 130 valence electrons. The second-order valence-electron chi connectivity index (χ2n) is 5.79. The standard InChI is InChI=1S/C19H13ClN2O3S/c20-13-7-5-11(6-8-13)15-10-26-19(21-15)22-17(23)16-9-12-3-1-2-4-14(12)18(24)25-16/h1-8,10,16H,9H2,(H,21,22,23)/t16-/m1/s1. The van der Waals surface area contributed by atoms with Crippen LogP contribution in [0.5, 0.6) is 0 Å². The summed E-state index contributed by atoms with van der Waals surface area (Å²) in [6.07, 6.45) is -0.510. The smallest absolute Gasteiger partial charge is 0.339 e. The van der Waals surface area contributed by atoms with Gasteiger partial charge in [0.05, 0.1) is 11.3 Å². The molecule has 3 aromatic rings. The van der Waals surface area contributed by atoms with Crippen molar-refractivity contribution in [3.63, 3.8) is 0 Å². The van der Waals surface area contributed by atoms with E-state index in [1.54, 1.807) is 24.3 Å². The van der Waals surface area contributed by atoms with E-state index in [9.17, 15) is 9.59 Å². The molecule has 2 heterocycles. The van der Waals surface area contributed by atoms with Gasteiger partial charge in [0.15, 0.2) is 11.2 Å². The molecule has 0 unspecified atom stereocenters. The van der Waals surface area contributed by atoms with Crippen LogP contribution < -0.4 is 5.32 Å². The highest BCUT2D eigenvalue weighted by Gasteiger charge is 2.31. The second-order valence-corrected chi connectivity index (χ2v) is 7.08. The van der Waals surface area contributed by atoms with Crippen LogP contribution >= 0.6 is 22.9 Å². The third kappa shape index (κ3) is 3.34. The van der Waals surface area contributed by atoms with Crippen molar-refractivity contribution in [2.24, 2.45) is 0 Å². The average Bonchev–Trinajstić information content (AvgIpc) is 3.10. The lowest BCUT2D eigenvalue weighted by Crippen LogP contribution is -2.37. The van der Waals surface area contributed by atoms with Crippen molar-refractivity contribution in [1.29, 1.82) is 0 Å². The molecule has 1 aromatic heterocycles. The number of carbonyl (C=O) groups excluding carboxylic acids is 2. The van der Waals surface area contributed by atoms with Crippen LogP contribution in [0.3, 0.4) is 0 Å². The van der Waals surface area contributed by atoms with Gasteiger partial charge in [-0.25, -0.2) is 9.78 Å². The Morgan fingerprint density at radius 1 is 1.19 bits per heavy atom. The Kier molecular flexibility index (Phi) is 4.44. The third-order valence-electron chi connectivity index (χ3n) is 4.06. The molecule has 0 saturated heterocycles. The number of esters is 1. The van der Waals surface area contributed by atoms with Gasteiger partial charge < -0.3 is 4.74 Å². The molecule has 0 radical (unpaired) electrons. The highest BCUT2D eigenvalue weighted by molar-refractivity contribution is 7.14. The molecule has 26 heavy (non-hydrogen) atoms. The van der Waals surface area contributed by atoms with Gasteiger partial charge in [0.25, 0.3) is 5.91 Å². The first-order valence-electron chi connectivity index (χ1n) is 7.91. The zero-order chi connectivity index (χ0) is 18.1. The van der Waals surface area contributed by atoms with Gasteiger partial charge in [0.1, 0.15) is 0 Å². The van der Waals surface area contributed by atoms with Crippen molar-refractivity contribution in [1.82, 2.24) is 4.98 Å². The minimum atomic E-state index is -0.861. The molecule has 1 atom stereocenters. The van der Waals surface area contributed by atoms with Gasteiger partial charge in [-0.2, -0.15) is 0 Å². The Bertz CT molecular complexity index is 984. The predicted octanol–water partition coefficient (Wildman–Crippen LogP) is 4.18. The quantitative estimate of drug-likeness (QED) is 0.688. The molecule has 4 rings (SSSR count). The Hall–Kier alpha value is -2.70. The lowest BCUT2D eigenvalue weighted by Gasteiger charge is -2.23. The van der Waals surface area contributed by atoms with Crippen molar-refractivity contribution in [3.05, 3.63) is 70.1 Å². The van der Waals surface area contributed by atoms with E-state index < -0.39 is 12.1 Å². The van der Waals surface area contributed by atoms with E-state index in [4.69, 9.17) is 16.3 Å². The highest BCUT2D eigenvalue weighted by Crippen LogP contribution is 2.27. The molecule has 1 aliphatic heterocycles. The number of carbonyl (C=O) groups is 2. The largest absolute Gasteiger partial charge is 0.448 e. The Morgan fingerprint density at radius 2 is 1.96 bits per heavy atom. The first-order valence-corrected chi connectivity index (χ1v) is 9.17. The molecule has 0 aliphatic carbocycles. The fraction of sp³-hybridized carbons (Fsp3) is 0.105. The molecule has 5 nitrogen and oxygen atoms in total. The number of benzene rings is 2. The predicted molar refractivity (Wildman–Crippen MR) is 101 cm³/mol. The fourth-order valence-electron chi connectivity index (χ4n) is 2.75. The topological polar surface area (TPSA) is 68.3 Å². The summed E-state index contributed by atoms with van der Waals surface area (Å²) in [4.78, 5) is 28.9. The summed E-state index contributed by atoms with van der Waals surface area (Å²) in [5.74, 6) is -0.863. The molecule has 1 N–H and O–H groups in total. The molecule has 0 bridgehead atoms. The third-order valence-corrected chi connectivity index (χ3v) is 5.07. The number of nitrogens with one attached hydrogen (secondary N) is 1. The van der Waals surface area contributed by atoms with Gasteiger partial charge >= 0.3 is 5.97 Å². The number of amides is 1. The maximum Gasteiger partial charge on any atom is 0.339 e. The Balaban J connectivity index is 1.47. The highest BCUT2D eigenvalue weighted by atomic mass is 35.5. The summed E-state index contributed by atoms with van der Waals surface area (Å²) >= 11 is 7.20. The minimum absolute atomic E-state index is 0.350. The lowest BCUT2D eigenvalue weighted by atomic mass is 9.98. The summed E-state index contributed by atoms with van der Waals surface area (Å²) < 4.78 is 5.26. The van der Waals surface area contributed by atoms with E-state index in [1.165, 1.54) is 11.3 Å². The van der Waals surface area contributed by atoms with E-state index in [2.05, 4.69) is 10.3 Å². The van der Waals surface area contributed by atoms with Crippen molar-refractivity contribution in [2.75, 3.05) is 5.32 Å². The van der Waals surface area contributed by atoms with E-state index >= 15 is 0 Å². The zero-order valence-corrected chi connectivity index (χ0v) is 15.0. The molecular weight excluding hydrogens is 372 g/mol. The monoisotopic (exact) mass is 384 g/mol. The van der Waals surface area contributed by atoms with Gasteiger partial charge in [-0.15, -0.1) is 11.3 Å². The van der Waals surface area contributed by atoms with E-state index in [0.29, 0.717) is 22.1 Å². The minimum Gasteiger partial charge on any atom is -0.448 e. The number of aromatic nitrogens is 1. The van der Waals surface area contributed by atoms with E-state index in [-0.39, 0.29) is 5.91 Å². The zero-order valence-electron chi connectivity index (χ0n) is 13.4. The molecule has 0 fully saturated rings. The number of ether oxygens (including phenoxy) is 1. The van der Waals surface area contributed by atoms with Crippen LogP contribution in [0.15, 0.2) is 53.9 Å². The molecule has 1 aliphatic rings. The number of cyclic esters (lactones) is 1. The van der Waals surface area contributed by atoms with Gasteiger partial charge in [-0.3, -0.25) is 10.1 Å². The summed E-state index contributed by atoms with van der Waals surface area (Å²) in [6.45, 7) is 0. The van der Waals surface area contributed by atoms with Gasteiger partial charge in [0.2, 0.25) is 0 Å². The molecule has 7 heteroatoms. The molecule has 0 saturated carbocycles. The van der Waals surface area contributed by atoms with Crippen molar-refractivity contribution >= 4 is 39.9 Å². The van der Waals surface area contributed by atoms with Crippen LogP contribution in [0, 0.1) is 0 Å². The van der Waals surface area contributed by atoms with Crippen molar-refractivity contribution in [2.45, 2.75) is 12.5 Å². The fourth-order valence-corrected chi connectivity index (χ4v) is 3.60. The van der Waals surface area contributed by atoms with Crippen LogP contribution in [0.25, 0.3) is 11.3 Å². The summed E-state index contributed by atoms with van der Waals surface area (Å²) in [5.41, 5.74) is 2.97. The maximum atomic E-state index is 12.5. The molecule has 2 aromatic carbocycles. The van der Waals surface area contributed by atoms with Crippen LogP contribution in [0.2, 0.25) is 5.02 Å². The number of hydrogen-bond acceptors (Lipinski definition) is 5. The maximum absolute atomic E-state index is 12.5. The summed E-state index contributed by atoms with van der Waals surface area (Å²) in [6, 6.07) is 14.4. The van der Waals surface area contributed by atoms with Crippen LogP contribution in [-0.2, 0) is 16.0 Å². The van der Waals surface area contributed by atoms with Crippen molar-refractivity contribution < 1.29 is 14.3 Å². The number of hydrogen-bond donors (Lipinski definition) is 1. The van der Waals surface area contributed by atoms with E-state index in [1.807, 2.05) is 29.6 Å². The number of anilines is 1. The molecule has 1 amide bonds. The number of nitrogens with zero attached hydrogens (tertiary/aromatic N) is 1. The first-order chi connectivity index (χ1) is 12.6. The molecular formula is C19H13ClN2O3S. The SMILES string of the molecule is O=C1O[C@@H](C(=O)Nc2nc(-c3ccc(Cl)cc3)cs2)Cc2ccccc21. The van der Waals surface area contributed by atoms with Gasteiger partial charge in [-0.05, 0) is 23.8 Å². The van der Waals surface area contributed by atoms with Crippen LogP contribution in [0.1, 0.15) is 15.9 Å². The summed E-state index contributed by atoms with van der Waals surface area (Å²) in [7, 11) is 0. The van der Waals surface area contributed by atoms with Crippen LogP contribution in [-0.4, -0.2) is 23.0 Å². The van der Waals surface area contributed by atoms with E-state index in [0.717, 1.165) is 16.8 Å². The Labute approximate surface area is 158 Å². The normalized spacial score (nSPS) is 15.9. The van der Waals surface area contributed by atoms with Crippen molar-refractivity contribution in [3.8, 4) is 11.3 Å².